The van der Waals surface area contributed by atoms with Crippen LogP contribution in [0.15, 0.2) is 24.4 Å². The van der Waals surface area contributed by atoms with Gasteiger partial charge in [-0.1, -0.05) is 6.07 Å². The number of aromatic nitrogens is 4. The lowest BCUT2D eigenvalue weighted by molar-refractivity contribution is 0.393. The summed E-state index contributed by atoms with van der Waals surface area (Å²) in [6.07, 6.45) is 7.12. The molecule has 2 aromatic rings. The minimum atomic E-state index is 0.531. The van der Waals surface area contributed by atoms with Crippen LogP contribution in [0.2, 0.25) is 0 Å². The van der Waals surface area contributed by atoms with Gasteiger partial charge in [-0.2, -0.15) is 5.10 Å². The van der Waals surface area contributed by atoms with Crippen LogP contribution < -0.4 is 0 Å². The van der Waals surface area contributed by atoms with Gasteiger partial charge in [0.1, 0.15) is 5.69 Å². The first-order chi connectivity index (χ1) is 9.34. The molecule has 19 heavy (non-hydrogen) atoms. The number of H-pyrrole nitrogens is 1. The van der Waals surface area contributed by atoms with Crippen LogP contribution in [0, 0.1) is 16.6 Å². The average molecular weight is 272 g/mol. The van der Waals surface area contributed by atoms with E-state index in [1.54, 1.807) is 6.20 Å². The van der Waals surface area contributed by atoms with Crippen LogP contribution in [0.5, 0.6) is 0 Å². The Morgan fingerprint density at radius 3 is 2.53 bits per heavy atom. The molecule has 0 bridgehead atoms. The number of pyridine rings is 1. The normalized spacial score (nSPS) is 19.0. The molecule has 0 saturated heterocycles. The molecule has 2 heterocycles. The largest absolute Gasteiger partial charge is 0.295 e. The first kappa shape index (κ1) is 11.3. The van der Waals surface area contributed by atoms with Crippen molar-refractivity contribution in [3.8, 4) is 11.5 Å². The maximum absolute atomic E-state index is 5.46. The Balaban J connectivity index is 1.82. The molecule has 2 aromatic heterocycles. The van der Waals surface area contributed by atoms with Gasteiger partial charge in [0, 0.05) is 12.2 Å². The highest BCUT2D eigenvalue weighted by Crippen LogP contribution is 2.52. The number of aromatic amines is 1. The highest BCUT2D eigenvalue weighted by molar-refractivity contribution is 7.71. The predicted octanol–water partition coefficient (Wildman–Crippen LogP) is 3.36. The average Bonchev–Trinajstić information content (AvgIpc) is 3.33. The van der Waals surface area contributed by atoms with Crippen LogP contribution in [-0.4, -0.2) is 19.7 Å². The fourth-order valence-corrected chi connectivity index (χ4v) is 3.19. The highest BCUT2D eigenvalue weighted by atomic mass is 32.1. The van der Waals surface area contributed by atoms with Gasteiger partial charge in [-0.3, -0.25) is 14.6 Å². The third-order valence-corrected chi connectivity index (χ3v) is 4.39. The van der Waals surface area contributed by atoms with E-state index in [4.69, 9.17) is 12.2 Å². The summed E-state index contributed by atoms with van der Waals surface area (Å²) in [5, 5.41) is 7.37. The summed E-state index contributed by atoms with van der Waals surface area (Å²) in [5.41, 5.74) is 0.904. The van der Waals surface area contributed by atoms with E-state index in [1.807, 2.05) is 18.2 Å². The van der Waals surface area contributed by atoms with E-state index in [9.17, 15) is 0 Å². The Kier molecular flexibility index (Phi) is 2.55. The Morgan fingerprint density at radius 2 is 1.95 bits per heavy atom. The van der Waals surface area contributed by atoms with Crippen LogP contribution >= 0.6 is 12.2 Å². The molecule has 4 nitrogen and oxygen atoms in total. The van der Waals surface area contributed by atoms with E-state index in [-0.39, 0.29) is 0 Å². The SMILES string of the molecule is S=c1[nH]nc(-c2ccccn2)n1C(C1CC1)C1CC1. The minimum Gasteiger partial charge on any atom is -0.295 e. The zero-order chi connectivity index (χ0) is 12.8. The maximum Gasteiger partial charge on any atom is 0.195 e. The molecule has 0 aromatic carbocycles. The van der Waals surface area contributed by atoms with Crippen LogP contribution in [0.4, 0.5) is 0 Å². The second-order valence-corrected chi connectivity index (χ2v) is 5.99. The number of hydrogen-bond acceptors (Lipinski definition) is 3. The van der Waals surface area contributed by atoms with Gasteiger partial charge in [0.2, 0.25) is 0 Å². The fraction of sp³-hybridized carbons (Fsp3) is 0.500. The molecule has 0 radical (unpaired) electrons. The number of rotatable bonds is 4. The Hall–Kier alpha value is -1.49. The van der Waals surface area contributed by atoms with Crippen LogP contribution in [-0.2, 0) is 0 Å². The van der Waals surface area contributed by atoms with Crippen molar-refractivity contribution in [3.05, 3.63) is 29.2 Å². The van der Waals surface area contributed by atoms with Crippen molar-refractivity contribution in [2.45, 2.75) is 31.7 Å². The van der Waals surface area contributed by atoms with E-state index >= 15 is 0 Å². The fourth-order valence-electron chi connectivity index (χ4n) is 2.94. The molecule has 0 atom stereocenters. The van der Waals surface area contributed by atoms with E-state index in [0.29, 0.717) is 6.04 Å². The molecule has 5 heteroatoms. The number of nitrogens with zero attached hydrogens (tertiary/aromatic N) is 3. The first-order valence-corrected chi connectivity index (χ1v) is 7.34. The van der Waals surface area contributed by atoms with Gasteiger partial charge < -0.3 is 0 Å². The molecular formula is C14H16N4S. The molecule has 0 spiro atoms. The monoisotopic (exact) mass is 272 g/mol. The summed E-state index contributed by atoms with van der Waals surface area (Å²) in [5.74, 6) is 2.48. The quantitative estimate of drug-likeness (QED) is 0.868. The lowest BCUT2D eigenvalue weighted by Gasteiger charge is -2.19. The van der Waals surface area contributed by atoms with Crippen molar-refractivity contribution in [3.63, 3.8) is 0 Å². The maximum atomic E-state index is 5.46. The summed E-state index contributed by atoms with van der Waals surface area (Å²) in [4.78, 5) is 4.42. The van der Waals surface area contributed by atoms with E-state index in [1.165, 1.54) is 25.7 Å². The van der Waals surface area contributed by atoms with Crippen LogP contribution in [0.25, 0.3) is 11.5 Å². The molecule has 1 N–H and O–H groups in total. The molecular weight excluding hydrogens is 256 g/mol. The van der Waals surface area contributed by atoms with Crippen molar-refractivity contribution in [2.75, 3.05) is 0 Å². The van der Waals surface area contributed by atoms with Gasteiger partial charge >= 0.3 is 0 Å². The third kappa shape index (κ3) is 2.02. The molecule has 4 rings (SSSR count). The van der Waals surface area contributed by atoms with Crippen molar-refractivity contribution in [1.82, 2.24) is 19.7 Å². The van der Waals surface area contributed by atoms with E-state index < -0.39 is 0 Å². The van der Waals surface area contributed by atoms with Crippen LogP contribution in [0.3, 0.4) is 0 Å². The van der Waals surface area contributed by atoms with Gasteiger partial charge in [0.15, 0.2) is 10.6 Å². The molecule has 2 aliphatic rings. The molecule has 2 fully saturated rings. The third-order valence-electron chi connectivity index (χ3n) is 4.11. The topological polar surface area (TPSA) is 46.5 Å². The summed E-state index contributed by atoms with van der Waals surface area (Å²) in [6.45, 7) is 0. The van der Waals surface area contributed by atoms with Gasteiger partial charge in [-0.05, 0) is 61.9 Å². The van der Waals surface area contributed by atoms with Crippen molar-refractivity contribution < 1.29 is 0 Å². The lowest BCUT2D eigenvalue weighted by atomic mass is 10.1. The molecule has 2 saturated carbocycles. The summed E-state index contributed by atoms with van der Waals surface area (Å²) in [7, 11) is 0. The second kappa shape index (κ2) is 4.27. The lowest BCUT2D eigenvalue weighted by Crippen LogP contribution is -2.15. The van der Waals surface area contributed by atoms with Gasteiger partial charge in [0.05, 0.1) is 0 Å². The molecule has 0 amide bonds. The predicted molar refractivity (Wildman–Crippen MR) is 75.1 cm³/mol. The zero-order valence-corrected chi connectivity index (χ0v) is 11.4. The van der Waals surface area contributed by atoms with E-state index in [2.05, 4.69) is 19.7 Å². The van der Waals surface area contributed by atoms with Gasteiger partial charge in [-0.25, -0.2) is 0 Å². The van der Waals surface area contributed by atoms with E-state index in [0.717, 1.165) is 28.1 Å². The van der Waals surface area contributed by atoms with Gasteiger partial charge in [-0.15, -0.1) is 0 Å². The second-order valence-electron chi connectivity index (χ2n) is 5.60. The molecule has 2 aliphatic carbocycles. The van der Waals surface area contributed by atoms with Crippen molar-refractivity contribution in [2.24, 2.45) is 11.8 Å². The summed E-state index contributed by atoms with van der Waals surface area (Å²) < 4.78 is 2.97. The Bertz CT molecular complexity index is 625. The first-order valence-electron chi connectivity index (χ1n) is 6.93. The Morgan fingerprint density at radius 1 is 1.21 bits per heavy atom. The van der Waals surface area contributed by atoms with Crippen molar-refractivity contribution >= 4 is 12.2 Å². The molecule has 98 valence electrons. The minimum absolute atomic E-state index is 0.531. The van der Waals surface area contributed by atoms with Gasteiger partial charge in [0.25, 0.3) is 0 Å². The smallest absolute Gasteiger partial charge is 0.195 e. The zero-order valence-electron chi connectivity index (χ0n) is 10.6. The highest BCUT2D eigenvalue weighted by Gasteiger charge is 2.44. The molecule has 0 unspecified atom stereocenters. The number of hydrogen-bond donors (Lipinski definition) is 1. The Labute approximate surface area is 116 Å². The standard InChI is InChI=1S/C14H16N4S/c19-14-17-16-13(11-3-1-2-8-15-11)18(14)12(9-4-5-9)10-6-7-10/h1-3,8-10,12H,4-7H2,(H,17,19). The summed E-state index contributed by atoms with van der Waals surface area (Å²) in [6, 6.07) is 6.45. The van der Waals surface area contributed by atoms with Crippen molar-refractivity contribution in [1.29, 1.82) is 0 Å². The number of nitrogens with one attached hydrogen (secondary N) is 1. The summed E-state index contributed by atoms with van der Waals surface area (Å²) >= 11 is 5.46. The molecule has 0 aliphatic heterocycles. The van der Waals surface area contributed by atoms with Crippen LogP contribution in [0.1, 0.15) is 31.7 Å².